The van der Waals surface area contributed by atoms with Gasteiger partial charge >= 0.3 is 0 Å². The van der Waals surface area contributed by atoms with Gasteiger partial charge in [-0.2, -0.15) is 0 Å². The molecule has 1 aromatic heterocycles. The third-order valence-corrected chi connectivity index (χ3v) is 5.26. The summed E-state index contributed by atoms with van der Waals surface area (Å²) in [7, 11) is 0. The summed E-state index contributed by atoms with van der Waals surface area (Å²) in [6.45, 7) is 4.14. The highest BCUT2D eigenvalue weighted by Crippen LogP contribution is 2.34. The van der Waals surface area contributed by atoms with Crippen molar-refractivity contribution in [2.24, 2.45) is 5.73 Å². The molecule has 2 unspecified atom stereocenters. The monoisotopic (exact) mass is 309 g/mol. The number of amides is 1. The van der Waals surface area contributed by atoms with Crippen LogP contribution >= 0.6 is 11.3 Å². The molecule has 0 aromatic carbocycles. The van der Waals surface area contributed by atoms with Crippen LogP contribution in [0.25, 0.3) is 0 Å². The van der Waals surface area contributed by atoms with Crippen LogP contribution in [0.2, 0.25) is 0 Å². The Morgan fingerprint density at radius 3 is 3.14 bits per heavy atom. The van der Waals surface area contributed by atoms with E-state index in [9.17, 15) is 4.79 Å². The van der Waals surface area contributed by atoms with Crippen molar-refractivity contribution in [1.82, 2.24) is 9.80 Å². The first-order valence-electron chi connectivity index (χ1n) is 7.65. The Balaban J connectivity index is 1.59. The minimum Gasteiger partial charge on any atom is -0.374 e. The number of nitrogens with zero attached hydrogens (tertiary/aromatic N) is 2. The standard InChI is InChI=1S/C15H23N3O2S/c16-9-12-10-17(6-7-20-12)11-15(19)18-5-1-3-13(18)14-4-2-8-21-14/h2,4,8,12-13H,1,3,5-7,9-11,16H2. The fourth-order valence-electron chi connectivity index (χ4n) is 3.19. The maximum absolute atomic E-state index is 12.6. The molecule has 6 heteroatoms. The summed E-state index contributed by atoms with van der Waals surface area (Å²) in [6, 6.07) is 4.48. The summed E-state index contributed by atoms with van der Waals surface area (Å²) in [5.41, 5.74) is 5.66. The Morgan fingerprint density at radius 1 is 1.48 bits per heavy atom. The van der Waals surface area contributed by atoms with Crippen LogP contribution in [-0.2, 0) is 9.53 Å². The molecule has 0 spiro atoms. The van der Waals surface area contributed by atoms with Crippen LogP contribution in [0.4, 0.5) is 0 Å². The lowest BCUT2D eigenvalue weighted by molar-refractivity contribution is -0.135. The number of likely N-dealkylation sites (tertiary alicyclic amines) is 1. The molecule has 2 atom stereocenters. The van der Waals surface area contributed by atoms with Crippen molar-refractivity contribution in [3.63, 3.8) is 0 Å². The highest BCUT2D eigenvalue weighted by atomic mass is 32.1. The summed E-state index contributed by atoms with van der Waals surface area (Å²) in [4.78, 5) is 18.2. The van der Waals surface area contributed by atoms with E-state index >= 15 is 0 Å². The SMILES string of the molecule is NCC1CN(CC(=O)N2CCCC2c2cccs2)CCO1. The zero-order chi connectivity index (χ0) is 14.7. The number of morpholine rings is 1. The van der Waals surface area contributed by atoms with Gasteiger partial charge in [0.05, 0.1) is 25.3 Å². The molecule has 2 aliphatic heterocycles. The number of rotatable bonds is 4. The van der Waals surface area contributed by atoms with E-state index in [-0.39, 0.29) is 18.1 Å². The molecule has 0 bridgehead atoms. The Labute approximate surface area is 129 Å². The van der Waals surface area contributed by atoms with Crippen molar-refractivity contribution in [2.75, 3.05) is 39.3 Å². The number of ether oxygens (including phenoxy) is 1. The smallest absolute Gasteiger partial charge is 0.237 e. The van der Waals surface area contributed by atoms with E-state index in [1.807, 2.05) is 0 Å². The third kappa shape index (κ3) is 3.45. The molecule has 1 amide bonds. The molecule has 116 valence electrons. The quantitative estimate of drug-likeness (QED) is 0.904. The molecular formula is C15H23N3O2S. The van der Waals surface area contributed by atoms with Crippen LogP contribution < -0.4 is 5.73 Å². The molecule has 0 saturated carbocycles. The fraction of sp³-hybridized carbons (Fsp3) is 0.667. The lowest BCUT2D eigenvalue weighted by Crippen LogP contribution is -2.49. The number of thiophene rings is 1. The first-order valence-corrected chi connectivity index (χ1v) is 8.53. The lowest BCUT2D eigenvalue weighted by Gasteiger charge is -2.33. The van der Waals surface area contributed by atoms with Gasteiger partial charge in [0, 0.05) is 31.1 Å². The number of carbonyl (C=O) groups is 1. The number of nitrogens with two attached hydrogens (primary N) is 1. The minimum atomic E-state index is 0.0678. The van der Waals surface area contributed by atoms with Crippen LogP contribution in [0.1, 0.15) is 23.8 Å². The van der Waals surface area contributed by atoms with E-state index in [2.05, 4.69) is 27.3 Å². The Morgan fingerprint density at radius 2 is 2.38 bits per heavy atom. The van der Waals surface area contributed by atoms with Crippen molar-refractivity contribution in [3.8, 4) is 0 Å². The first-order chi connectivity index (χ1) is 10.3. The highest BCUT2D eigenvalue weighted by Gasteiger charge is 2.32. The molecule has 2 fully saturated rings. The fourth-order valence-corrected chi connectivity index (χ4v) is 4.06. The van der Waals surface area contributed by atoms with E-state index in [4.69, 9.17) is 10.5 Å². The van der Waals surface area contributed by atoms with Crippen LogP contribution in [0.3, 0.4) is 0 Å². The highest BCUT2D eigenvalue weighted by molar-refractivity contribution is 7.10. The van der Waals surface area contributed by atoms with Gasteiger partial charge in [-0.1, -0.05) is 6.07 Å². The topological polar surface area (TPSA) is 58.8 Å². The van der Waals surface area contributed by atoms with Crippen LogP contribution in [0.5, 0.6) is 0 Å². The number of hydrogen-bond acceptors (Lipinski definition) is 5. The van der Waals surface area contributed by atoms with Crippen LogP contribution in [0, 0.1) is 0 Å². The zero-order valence-corrected chi connectivity index (χ0v) is 13.1. The van der Waals surface area contributed by atoms with E-state index in [1.54, 1.807) is 11.3 Å². The normalized spacial score (nSPS) is 27.2. The Hall–Kier alpha value is -0.950. The second-order valence-electron chi connectivity index (χ2n) is 5.72. The number of carbonyl (C=O) groups excluding carboxylic acids is 1. The molecule has 2 saturated heterocycles. The summed E-state index contributed by atoms with van der Waals surface area (Å²) in [5, 5.41) is 2.09. The lowest BCUT2D eigenvalue weighted by atomic mass is 10.2. The molecule has 0 aliphatic carbocycles. The van der Waals surface area contributed by atoms with Gasteiger partial charge in [0.2, 0.25) is 5.91 Å². The number of hydrogen-bond donors (Lipinski definition) is 1. The maximum Gasteiger partial charge on any atom is 0.237 e. The van der Waals surface area contributed by atoms with E-state index in [0.29, 0.717) is 19.7 Å². The predicted molar refractivity (Wildman–Crippen MR) is 83.2 cm³/mol. The first kappa shape index (κ1) is 15.0. The second-order valence-corrected chi connectivity index (χ2v) is 6.70. The molecule has 3 rings (SSSR count). The molecule has 3 heterocycles. The minimum absolute atomic E-state index is 0.0678. The summed E-state index contributed by atoms with van der Waals surface area (Å²) >= 11 is 1.75. The summed E-state index contributed by atoms with van der Waals surface area (Å²) in [6.07, 6.45) is 2.25. The van der Waals surface area contributed by atoms with Crippen molar-refractivity contribution >= 4 is 17.2 Å². The van der Waals surface area contributed by atoms with Crippen molar-refractivity contribution < 1.29 is 9.53 Å². The van der Waals surface area contributed by atoms with Gasteiger partial charge < -0.3 is 15.4 Å². The third-order valence-electron chi connectivity index (χ3n) is 4.29. The van der Waals surface area contributed by atoms with Crippen molar-refractivity contribution in [3.05, 3.63) is 22.4 Å². The average molecular weight is 309 g/mol. The zero-order valence-electron chi connectivity index (χ0n) is 12.2. The van der Waals surface area contributed by atoms with Gasteiger partial charge in [-0.15, -0.1) is 11.3 Å². The maximum atomic E-state index is 12.6. The van der Waals surface area contributed by atoms with Crippen LogP contribution in [-0.4, -0.2) is 61.1 Å². The second kappa shape index (κ2) is 6.87. The largest absolute Gasteiger partial charge is 0.374 e. The molecule has 2 N–H and O–H groups in total. The summed E-state index contributed by atoms with van der Waals surface area (Å²) < 4.78 is 5.55. The Kier molecular flexibility index (Phi) is 4.90. The average Bonchev–Trinajstić information content (AvgIpc) is 3.18. The van der Waals surface area contributed by atoms with Crippen LogP contribution in [0.15, 0.2) is 17.5 Å². The van der Waals surface area contributed by atoms with E-state index in [1.165, 1.54) is 4.88 Å². The summed E-state index contributed by atoms with van der Waals surface area (Å²) in [5.74, 6) is 0.239. The molecule has 5 nitrogen and oxygen atoms in total. The van der Waals surface area contributed by atoms with Gasteiger partial charge in [-0.3, -0.25) is 9.69 Å². The molecule has 1 aromatic rings. The van der Waals surface area contributed by atoms with Crippen molar-refractivity contribution in [2.45, 2.75) is 25.0 Å². The van der Waals surface area contributed by atoms with Gasteiger partial charge in [0.25, 0.3) is 0 Å². The molecule has 0 radical (unpaired) electrons. The van der Waals surface area contributed by atoms with E-state index in [0.717, 1.165) is 32.5 Å². The van der Waals surface area contributed by atoms with E-state index < -0.39 is 0 Å². The van der Waals surface area contributed by atoms with Gasteiger partial charge in [-0.25, -0.2) is 0 Å². The Bertz CT molecular complexity index is 465. The van der Waals surface area contributed by atoms with Gasteiger partial charge in [0.15, 0.2) is 0 Å². The molecule has 21 heavy (non-hydrogen) atoms. The van der Waals surface area contributed by atoms with Crippen molar-refractivity contribution in [1.29, 1.82) is 0 Å². The molecular weight excluding hydrogens is 286 g/mol. The van der Waals surface area contributed by atoms with Gasteiger partial charge in [-0.05, 0) is 24.3 Å². The predicted octanol–water partition coefficient (Wildman–Crippen LogP) is 1.07. The molecule has 2 aliphatic rings. The van der Waals surface area contributed by atoms with Gasteiger partial charge in [0.1, 0.15) is 0 Å².